The Labute approximate surface area is 124 Å². The average Bonchev–Trinajstić information content (AvgIpc) is 2.39. The number of rotatable bonds is 4. The van der Waals surface area contributed by atoms with Crippen LogP contribution in [-0.2, 0) is 0 Å². The summed E-state index contributed by atoms with van der Waals surface area (Å²) < 4.78 is 0.698. The van der Waals surface area contributed by atoms with Crippen LogP contribution in [0.4, 0.5) is 0 Å². The molecule has 0 unspecified atom stereocenters. The highest BCUT2D eigenvalue weighted by Gasteiger charge is 2.15. The van der Waals surface area contributed by atoms with Crippen LogP contribution in [0.2, 0.25) is 5.02 Å². The van der Waals surface area contributed by atoms with Crippen molar-refractivity contribution in [1.29, 1.82) is 0 Å². The number of halogens is 2. The second kappa shape index (κ2) is 6.13. The molecular formula is C15H10BrClO2. The molecule has 2 nitrogen and oxygen atoms in total. The third-order valence-electron chi connectivity index (χ3n) is 2.66. The van der Waals surface area contributed by atoms with Gasteiger partial charge in [0.05, 0.1) is 6.42 Å². The molecule has 19 heavy (non-hydrogen) atoms. The standard InChI is InChI=1S/C15H10BrClO2/c16-13-4-2-1-3-12(13)15(19)9-14(18)10-5-7-11(17)8-6-10/h1-8H,9H2. The maximum atomic E-state index is 12.0. The van der Waals surface area contributed by atoms with E-state index in [4.69, 9.17) is 11.6 Å². The van der Waals surface area contributed by atoms with Crippen molar-refractivity contribution in [2.45, 2.75) is 6.42 Å². The minimum absolute atomic E-state index is 0.149. The number of ketones is 2. The summed E-state index contributed by atoms with van der Waals surface area (Å²) in [7, 11) is 0. The van der Waals surface area contributed by atoms with Crippen molar-refractivity contribution in [2.75, 3.05) is 0 Å². The Morgan fingerprint density at radius 1 is 0.947 bits per heavy atom. The van der Waals surface area contributed by atoms with Crippen molar-refractivity contribution in [3.05, 3.63) is 69.2 Å². The van der Waals surface area contributed by atoms with E-state index in [0.29, 0.717) is 20.6 Å². The summed E-state index contributed by atoms with van der Waals surface area (Å²) in [5.74, 6) is -0.412. The van der Waals surface area contributed by atoms with Crippen LogP contribution in [0.5, 0.6) is 0 Å². The Balaban J connectivity index is 2.13. The summed E-state index contributed by atoms with van der Waals surface area (Å²) in [5.41, 5.74) is 1.01. The van der Waals surface area contributed by atoms with E-state index < -0.39 is 0 Å². The van der Waals surface area contributed by atoms with Crippen LogP contribution >= 0.6 is 27.5 Å². The van der Waals surface area contributed by atoms with Gasteiger partial charge in [-0.3, -0.25) is 9.59 Å². The van der Waals surface area contributed by atoms with Gasteiger partial charge in [0.1, 0.15) is 0 Å². The maximum absolute atomic E-state index is 12.0. The highest BCUT2D eigenvalue weighted by molar-refractivity contribution is 9.10. The van der Waals surface area contributed by atoms with E-state index in [2.05, 4.69) is 15.9 Å². The molecule has 96 valence electrons. The Morgan fingerprint density at radius 2 is 1.58 bits per heavy atom. The number of hydrogen-bond acceptors (Lipinski definition) is 2. The van der Waals surface area contributed by atoms with Gasteiger partial charge >= 0.3 is 0 Å². The third kappa shape index (κ3) is 3.52. The largest absolute Gasteiger partial charge is 0.294 e. The highest BCUT2D eigenvalue weighted by atomic mass is 79.9. The van der Waals surface area contributed by atoms with Gasteiger partial charge in [-0.05, 0) is 30.3 Å². The Hall–Kier alpha value is -1.45. The number of Topliss-reactive ketones (excluding diaryl/α,β-unsaturated/α-hetero) is 2. The van der Waals surface area contributed by atoms with Gasteiger partial charge in [0, 0.05) is 20.6 Å². The van der Waals surface area contributed by atoms with Gasteiger partial charge in [-0.15, -0.1) is 0 Å². The van der Waals surface area contributed by atoms with Gasteiger partial charge in [-0.1, -0.05) is 45.7 Å². The molecule has 0 radical (unpaired) electrons. The molecule has 0 amide bonds. The smallest absolute Gasteiger partial charge is 0.171 e. The summed E-state index contributed by atoms with van der Waals surface area (Å²) in [6, 6.07) is 13.6. The zero-order valence-electron chi connectivity index (χ0n) is 9.90. The van der Waals surface area contributed by atoms with Gasteiger partial charge < -0.3 is 0 Å². The van der Waals surface area contributed by atoms with E-state index in [1.165, 1.54) is 0 Å². The molecule has 0 atom stereocenters. The monoisotopic (exact) mass is 336 g/mol. The summed E-state index contributed by atoms with van der Waals surface area (Å²) in [4.78, 5) is 24.0. The molecule has 0 aliphatic carbocycles. The fourth-order valence-corrected chi connectivity index (χ4v) is 2.30. The Morgan fingerprint density at radius 3 is 2.21 bits per heavy atom. The molecule has 2 aromatic carbocycles. The molecule has 2 aromatic rings. The van der Waals surface area contributed by atoms with Crippen molar-refractivity contribution in [3.63, 3.8) is 0 Å². The zero-order chi connectivity index (χ0) is 13.8. The molecule has 0 N–H and O–H groups in total. The van der Waals surface area contributed by atoms with Crippen LogP contribution in [0.25, 0.3) is 0 Å². The van der Waals surface area contributed by atoms with Crippen LogP contribution in [0, 0.1) is 0 Å². The Bertz CT molecular complexity index is 620. The normalized spacial score (nSPS) is 10.2. The molecule has 2 rings (SSSR count). The first kappa shape index (κ1) is 14.0. The van der Waals surface area contributed by atoms with E-state index in [1.54, 1.807) is 42.5 Å². The predicted molar refractivity (Wildman–Crippen MR) is 78.9 cm³/mol. The lowest BCUT2D eigenvalue weighted by Crippen LogP contribution is -2.09. The van der Waals surface area contributed by atoms with Crippen molar-refractivity contribution in [1.82, 2.24) is 0 Å². The van der Waals surface area contributed by atoms with Crippen LogP contribution in [0.1, 0.15) is 27.1 Å². The Kier molecular flexibility index (Phi) is 4.51. The number of hydrogen-bond donors (Lipinski definition) is 0. The summed E-state index contributed by atoms with van der Waals surface area (Å²) in [6.07, 6.45) is -0.149. The van der Waals surface area contributed by atoms with E-state index in [0.717, 1.165) is 0 Å². The first-order valence-corrected chi connectivity index (χ1v) is 6.81. The zero-order valence-corrected chi connectivity index (χ0v) is 12.2. The average molecular weight is 338 g/mol. The first-order chi connectivity index (χ1) is 9.08. The molecule has 0 aromatic heterocycles. The molecule has 0 aliphatic heterocycles. The molecule has 0 aliphatic rings. The molecule has 0 fully saturated rings. The highest BCUT2D eigenvalue weighted by Crippen LogP contribution is 2.19. The lowest BCUT2D eigenvalue weighted by atomic mass is 10.0. The fourth-order valence-electron chi connectivity index (χ4n) is 1.67. The van der Waals surface area contributed by atoms with Crippen molar-refractivity contribution < 1.29 is 9.59 Å². The molecule has 0 bridgehead atoms. The second-order valence-corrected chi connectivity index (χ2v) is 5.30. The topological polar surface area (TPSA) is 34.1 Å². The molecule has 0 spiro atoms. The second-order valence-electron chi connectivity index (χ2n) is 4.01. The van der Waals surface area contributed by atoms with Crippen molar-refractivity contribution >= 4 is 39.1 Å². The lowest BCUT2D eigenvalue weighted by Gasteiger charge is -2.03. The van der Waals surface area contributed by atoms with Gasteiger partial charge in [0.15, 0.2) is 11.6 Å². The van der Waals surface area contributed by atoms with E-state index in [1.807, 2.05) is 6.07 Å². The summed E-state index contributed by atoms with van der Waals surface area (Å²) in [5, 5.41) is 0.564. The molecule has 4 heteroatoms. The number of carbonyl (C=O) groups is 2. The molecule has 0 heterocycles. The minimum Gasteiger partial charge on any atom is -0.294 e. The third-order valence-corrected chi connectivity index (χ3v) is 3.61. The lowest BCUT2D eigenvalue weighted by molar-refractivity contribution is 0.0894. The van der Waals surface area contributed by atoms with Crippen molar-refractivity contribution in [2.24, 2.45) is 0 Å². The first-order valence-electron chi connectivity index (χ1n) is 5.64. The van der Waals surface area contributed by atoms with Crippen LogP contribution < -0.4 is 0 Å². The van der Waals surface area contributed by atoms with Gasteiger partial charge in [-0.2, -0.15) is 0 Å². The van der Waals surface area contributed by atoms with Gasteiger partial charge in [-0.25, -0.2) is 0 Å². The van der Waals surface area contributed by atoms with Crippen molar-refractivity contribution in [3.8, 4) is 0 Å². The van der Waals surface area contributed by atoms with Crippen LogP contribution in [-0.4, -0.2) is 11.6 Å². The predicted octanol–water partition coefficient (Wildman–Crippen LogP) is 4.56. The van der Waals surface area contributed by atoms with E-state index in [9.17, 15) is 9.59 Å². The van der Waals surface area contributed by atoms with Gasteiger partial charge in [0.2, 0.25) is 0 Å². The van der Waals surface area contributed by atoms with Gasteiger partial charge in [0.25, 0.3) is 0 Å². The minimum atomic E-state index is -0.211. The SMILES string of the molecule is O=C(CC(=O)c1ccccc1Br)c1ccc(Cl)cc1. The summed E-state index contributed by atoms with van der Waals surface area (Å²) >= 11 is 9.06. The molecule has 0 saturated carbocycles. The van der Waals surface area contributed by atoms with E-state index >= 15 is 0 Å². The molecular weight excluding hydrogens is 328 g/mol. The number of benzene rings is 2. The fraction of sp³-hybridized carbons (Fsp3) is 0.0667. The van der Waals surface area contributed by atoms with E-state index in [-0.39, 0.29) is 18.0 Å². The van der Waals surface area contributed by atoms with Crippen LogP contribution in [0.15, 0.2) is 53.0 Å². The molecule has 0 saturated heterocycles. The maximum Gasteiger partial charge on any atom is 0.171 e. The summed E-state index contributed by atoms with van der Waals surface area (Å²) in [6.45, 7) is 0. The van der Waals surface area contributed by atoms with Crippen LogP contribution in [0.3, 0.4) is 0 Å². The number of carbonyl (C=O) groups excluding carboxylic acids is 2. The quantitative estimate of drug-likeness (QED) is 0.605.